The molecule has 0 unspecified atom stereocenters. The van der Waals surface area contributed by atoms with Crippen molar-refractivity contribution < 1.29 is 0 Å². The van der Waals surface area contributed by atoms with Crippen molar-refractivity contribution in [2.45, 2.75) is 528 Å². The molecule has 696 valence electrons. The monoisotopic (exact) mass is 1760 g/mol. The molecule has 0 aliphatic heterocycles. The lowest BCUT2D eigenvalue weighted by molar-refractivity contribution is 0.685. The van der Waals surface area contributed by atoms with E-state index >= 15 is 0 Å². The van der Waals surface area contributed by atoms with E-state index in [4.69, 9.17) is 23.9 Å². The Hall–Kier alpha value is 0.1000. The Bertz CT molecular complexity index is 2440. The minimum absolute atomic E-state index is 0.854. The van der Waals surface area contributed by atoms with Crippen LogP contribution < -0.4 is 0 Å². The van der Waals surface area contributed by atoms with Gasteiger partial charge in [-0.15, -0.1) is 0 Å². The van der Waals surface area contributed by atoms with E-state index in [2.05, 4.69) is 166 Å². The minimum atomic E-state index is 0.854. The maximum atomic E-state index is 5.33. The maximum Gasteiger partial charge on any atom is 0.0324 e. The zero-order valence-electron chi connectivity index (χ0n) is 82.4. The summed E-state index contributed by atoms with van der Waals surface area (Å²) >= 11 is 16.7. The number of nitrogens with one attached hydrogen (secondary N) is 5. The van der Waals surface area contributed by atoms with E-state index in [1.807, 2.05) is 0 Å². The average Bonchev–Trinajstić information content (AvgIpc) is 1.49. The number of rotatable bonds is 0. The number of hydrogen-bond acceptors (Lipinski definition) is 10. The lowest BCUT2D eigenvalue weighted by Gasteiger charge is -1.83. The van der Waals surface area contributed by atoms with E-state index in [9.17, 15) is 0 Å². The fourth-order valence-corrected chi connectivity index (χ4v) is 15.4. The van der Waals surface area contributed by atoms with Crippen LogP contribution in [0.3, 0.4) is 0 Å². The Morgan fingerprint density at radius 3 is 0.165 bits per heavy atom. The predicted molar refractivity (Wildman–Crippen MR) is 529 cm³/mol. The highest BCUT2D eigenvalue weighted by Crippen LogP contribution is 2.88. The quantitative estimate of drug-likeness (QED) is 0.166. The van der Waals surface area contributed by atoms with Gasteiger partial charge < -0.3 is 0 Å². The van der Waals surface area contributed by atoms with Crippen molar-refractivity contribution >= 4 is 62.1 Å². The first-order chi connectivity index (χ1) is 57.7. The zero-order valence-corrected chi connectivity index (χ0v) is 86.5. The molecule has 42 fully saturated rings. The smallest absolute Gasteiger partial charge is 0.0324 e. The largest absolute Gasteiger partial charge is 0.235 e. The fraction of sp³-hybridized carbons (Fsp3) is 1.00. The van der Waals surface area contributed by atoms with Crippen molar-refractivity contribution in [3.63, 3.8) is 0 Å². The summed E-state index contributed by atoms with van der Waals surface area (Å²) < 4.78 is 26.7. The second-order valence-corrected chi connectivity index (χ2v) is 53.9. The van der Waals surface area contributed by atoms with Gasteiger partial charge in [-0.3, -0.25) is 0 Å². The van der Waals surface area contributed by atoms with E-state index in [1.165, 1.54) is 384 Å². The summed E-state index contributed by atoms with van der Waals surface area (Å²) in [5.41, 5.74) is 13.1. The third-order valence-corrected chi connectivity index (χ3v) is 35.9. The van der Waals surface area contributed by atoms with Crippen LogP contribution in [0.15, 0.2) is 0 Å². The summed E-state index contributed by atoms with van der Waals surface area (Å²) in [5.74, 6) is 18.5. The number of hydrogen-bond donors (Lipinski definition) is 5. The first-order valence-corrected chi connectivity index (χ1v) is 55.8. The topological polar surface area (TPSA) is 119 Å². The van der Waals surface area contributed by atoms with Crippen LogP contribution in [-0.4, -0.2) is 0 Å². The highest BCUT2D eigenvalue weighted by atomic mass is 32.1. The van der Waals surface area contributed by atoms with Gasteiger partial charge in [-0.1, -0.05) is 335 Å². The minimum Gasteiger partial charge on any atom is -0.235 e. The third-order valence-electron chi connectivity index (χ3n) is 35.9. The molecule has 0 aromatic carbocycles. The third kappa shape index (κ3) is 43.1. The molecular formula is C111H197N5S5. The highest BCUT2D eigenvalue weighted by Gasteiger charge is 2.79. The molecule has 0 heterocycles. The van der Waals surface area contributed by atoms with Crippen LogP contribution in [-0.2, 0) is 62.1 Å². The van der Waals surface area contributed by atoms with Gasteiger partial charge in [-0.25, -0.2) is 23.9 Å². The summed E-state index contributed by atoms with van der Waals surface area (Å²) in [6.45, 7) is 35.7. The lowest BCUT2D eigenvalue weighted by atomic mass is 10.2. The van der Waals surface area contributed by atoms with Crippen LogP contribution in [0.5, 0.6) is 0 Å². The van der Waals surface area contributed by atoms with Crippen LogP contribution in [0, 0.1) is 194 Å². The van der Waals surface area contributed by atoms with Crippen molar-refractivity contribution in [1.29, 1.82) is 23.9 Å². The van der Waals surface area contributed by atoms with E-state index in [1.54, 1.807) is 128 Å². The number of fused-ring (bicyclic) bond motifs is 15. The molecular weight excluding hydrogens is 1560 g/mol. The fourth-order valence-electron chi connectivity index (χ4n) is 15.4. The van der Waals surface area contributed by atoms with Crippen molar-refractivity contribution in [3.05, 3.63) is 0 Å². The summed E-state index contributed by atoms with van der Waals surface area (Å²) in [7, 11) is 0. The molecule has 0 amide bonds. The molecule has 5 nitrogen and oxygen atoms in total. The molecule has 42 aliphatic carbocycles. The first kappa shape index (κ1) is 102. The van der Waals surface area contributed by atoms with Gasteiger partial charge in [0.05, 0.1) is 0 Å². The van der Waals surface area contributed by atoms with Crippen LogP contribution >= 0.6 is 0 Å². The second-order valence-electron chi connectivity index (χ2n) is 53.9. The van der Waals surface area contributed by atoms with E-state index in [-0.39, 0.29) is 0 Å². The molecule has 121 heavy (non-hydrogen) atoms. The Morgan fingerprint density at radius 1 is 0.132 bits per heavy atom. The molecule has 0 atom stereocenters. The van der Waals surface area contributed by atoms with Gasteiger partial charge in [0.1, 0.15) is 0 Å². The maximum absolute atomic E-state index is 5.33. The average molecular weight is 1760 g/mol. The first-order valence-electron chi connectivity index (χ1n) is 53.7. The van der Waals surface area contributed by atoms with Gasteiger partial charge in [0.25, 0.3) is 0 Å². The molecule has 42 saturated carbocycles. The van der Waals surface area contributed by atoms with Gasteiger partial charge in [0.2, 0.25) is 0 Å². The Labute approximate surface area is 777 Å². The molecule has 0 bridgehead atoms. The molecule has 0 aromatic heterocycles. The van der Waals surface area contributed by atoms with E-state index < -0.39 is 0 Å². The molecule has 42 aliphatic rings. The van der Waals surface area contributed by atoms with Gasteiger partial charge in [0.15, 0.2) is 0 Å². The van der Waals surface area contributed by atoms with Crippen LogP contribution in [0.2, 0.25) is 0 Å². The van der Waals surface area contributed by atoms with Gasteiger partial charge in [0, 0.05) is 62.1 Å². The molecule has 5 N–H and O–H groups in total. The summed E-state index contributed by atoms with van der Waals surface area (Å²) in [5, 5.41) is 0. The van der Waals surface area contributed by atoms with Gasteiger partial charge >= 0.3 is 0 Å². The molecule has 0 aromatic rings. The van der Waals surface area contributed by atoms with Gasteiger partial charge in [-0.2, -0.15) is 0 Å². The SMILES string of the molecule is C1C2CC12.C1C2CC12.C1C2CC12.C1C2CC12.C1C2CC12.C1CC1.C1CC1.C1CC1.C1CC1.C1CC1.C1CC1.C1CC1.C1CC1.C1CC1.C1CC1.C1CC1.C1CC1.CC12CC1(C)C2.CC12CC1(C)C2.CC12CC1(C)C2.CC12CC1(C)C2.CC12CC1(C)C2.CC12CC1C2.CC12CC1C2.CC12CC1C2.CC12CC1C2.CC12CC1C2.N=S.N=S.N=S.N=S.N=S. The molecule has 42 rings (SSSR count). The highest BCUT2D eigenvalue weighted by molar-refractivity contribution is 7.46. The van der Waals surface area contributed by atoms with E-state index in [0.717, 1.165) is 81.2 Å². The van der Waals surface area contributed by atoms with Gasteiger partial charge in [-0.05, 0) is 363 Å². The lowest BCUT2D eigenvalue weighted by Crippen LogP contribution is -1.70. The Kier molecular flexibility index (Phi) is 35.4. The molecule has 0 radical (unpaired) electrons. The summed E-state index contributed by atoms with van der Waals surface area (Å²) in [6, 6.07) is 0. The Balaban J connectivity index is 0.000000123. The van der Waals surface area contributed by atoms with Crippen molar-refractivity contribution in [2.75, 3.05) is 0 Å². The molecule has 10 heteroatoms. The zero-order chi connectivity index (χ0) is 87.8. The summed E-state index contributed by atoms with van der Waals surface area (Å²) in [6.07, 6.45) is 100. The van der Waals surface area contributed by atoms with Crippen molar-refractivity contribution in [3.8, 4) is 0 Å². The molecule has 0 saturated heterocycles. The normalized spacial score (nSPS) is 50.8. The standard InChI is InChI=1S/5C6H10.5C5H8.5C4H6.12C3H6.5HNS/c5*1-5-3-6(5,2)4-5;5*1-5-2-4(5)3-5;5*1-3-2-4(1)3;12*1-2-3-1;5*1-2/h5*3-4H2,1-2H3;5*4H,2-3H2,1H3;5*3-4H,1-2H2;12*1-3H2;5*1H. The van der Waals surface area contributed by atoms with Crippen molar-refractivity contribution in [1.82, 2.24) is 0 Å². The Morgan fingerprint density at radius 2 is 0.165 bits per heavy atom. The second kappa shape index (κ2) is 42.1. The van der Waals surface area contributed by atoms with Crippen LogP contribution in [0.4, 0.5) is 0 Å². The summed E-state index contributed by atoms with van der Waals surface area (Å²) in [4.78, 5) is 0. The molecule has 0 spiro atoms. The predicted octanol–water partition coefficient (Wildman–Crippen LogP) is 36.8. The van der Waals surface area contributed by atoms with Crippen molar-refractivity contribution in [2.24, 2.45) is 170 Å². The van der Waals surface area contributed by atoms with E-state index in [0.29, 0.717) is 0 Å². The van der Waals surface area contributed by atoms with Crippen LogP contribution in [0.1, 0.15) is 528 Å². The van der Waals surface area contributed by atoms with Crippen LogP contribution in [0.25, 0.3) is 0 Å².